The van der Waals surface area contributed by atoms with E-state index in [0.717, 1.165) is 29.2 Å². The van der Waals surface area contributed by atoms with Gasteiger partial charge in [-0.15, -0.1) is 0 Å². The summed E-state index contributed by atoms with van der Waals surface area (Å²) in [5.74, 6) is 0.692. The molecule has 0 unspecified atom stereocenters. The van der Waals surface area contributed by atoms with E-state index in [9.17, 15) is 4.79 Å². The summed E-state index contributed by atoms with van der Waals surface area (Å²) in [5, 5.41) is 9.96. The van der Waals surface area contributed by atoms with Crippen molar-refractivity contribution in [3.63, 3.8) is 0 Å². The molecule has 0 bridgehead atoms. The molecule has 0 saturated heterocycles. The second-order valence-electron chi connectivity index (χ2n) is 7.20. The van der Waals surface area contributed by atoms with Crippen LogP contribution in [0.25, 0.3) is 11.1 Å². The van der Waals surface area contributed by atoms with Crippen LogP contribution in [0.4, 0.5) is 28.8 Å². The van der Waals surface area contributed by atoms with Crippen LogP contribution in [0.3, 0.4) is 0 Å². The zero-order valence-corrected chi connectivity index (χ0v) is 17.4. The molecule has 0 fully saturated rings. The lowest BCUT2D eigenvalue weighted by Gasteiger charge is -2.15. The van der Waals surface area contributed by atoms with Crippen molar-refractivity contribution in [3.8, 4) is 0 Å². The number of fused-ring (bicyclic) bond motifs is 1. The van der Waals surface area contributed by atoms with Crippen molar-refractivity contribution in [3.05, 3.63) is 63.8 Å². The summed E-state index contributed by atoms with van der Waals surface area (Å²) >= 11 is 0. The second-order valence-corrected chi connectivity index (χ2v) is 7.20. The average Bonchev–Trinajstić information content (AvgIpc) is 3.08. The zero-order chi connectivity index (χ0) is 21.3. The molecule has 2 aromatic carbocycles. The van der Waals surface area contributed by atoms with Crippen molar-refractivity contribution in [1.29, 1.82) is 0 Å². The fourth-order valence-electron chi connectivity index (χ4n) is 3.23. The number of oxazole rings is 1. The average molecular weight is 404 g/mol. The first-order valence-electron chi connectivity index (χ1n) is 9.78. The molecule has 2 heterocycles. The van der Waals surface area contributed by atoms with E-state index in [0.29, 0.717) is 22.9 Å². The van der Waals surface area contributed by atoms with Crippen LogP contribution in [-0.4, -0.2) is 21.5 Å². The number of aryl methyl sites for hydroxylation is 2. The van der Waals surface area contributed by atoms with E-state index in [-0.39, 0.29) is 0 Å². The number of nitrogens with zero attached hydrogens (tertiary/aromatic N) is 2. The van der Waals surface area contributed by atoms with E-state index < -0.39 is 5.76 Å². The number of benzene rings is 2. The van der Waals surface area contributed by atoms with E-state index in [2.05, 4.69) is 63.8 Å². The normalized spacial score (nSPS) is 10.9. The monoisotopic (exact) mass is 404 g/mol. The van der Waals surface area contributed by atoms with Crippen LogP contribution in [0.2, 0.25) is 0 Å². The van der Waals surface area contributed by atoms with Crippen LogP contribution in [0, 0.1) is 20.8 Å². The Kier molecular flexibility index (Phi) is 5.14. The summed E-state index contributed by atoms with van der Waals surface area (Å²) in [6.07, 6.45) is 1.77. The van der Waals surface area contributed by atoms with Gasteiger partial charge in [-0.2, -0.15) is 4.98 Å². The number of aromatic nitrogens is 3. The molecule has 0 atom stereocenters. The first kappa shape index (κ1) is 19.5. The molecule has 4 aromatic rings. The molecular weight excluding hydrogens is 380 g/mol. The van der Waals surface area contributed by atoms with Crippen LogP contribution in [0.5, 0.6) is 0 Å². The molecular formula is C22H24N6O2. The van der Waals surface area contributed by atoms with Gasteiger partial charge in [-0.25, -0.2) is 9.78 Å². The fourth-order valence-corrected chi connectivity index (χ4v) is 3.23. The summed E-state index contributed by atoms with van der Waals surface area (Å²) in [5.41, 5.74) is 7.24. The molecule has 154 valence electrons. The highest BCUT2D eigenvalue weighted by molar-refractivity contribution is 5.78. The highest BCUT2D eigenvalue weighted by Crippen LogP contribution is 2.27. The summed E-state index contributed by atoms with van der Waals surface area (Å²) in [4.78, 5) is 23.1. The number of hydrogen-bond acceptors (Lipinski definition) is 7. The molecule has 4 rings (SSSR count). The number of nitrogens with one attached hydrogen (secondary N) is 4. The van der Waals surface area contributed by atoms with Crippen molar-refractivity contribution in [2.75, 3.05) is 22.5 Å². The predicted octanol–water partition coefficient (Wildman–Crippen LogP) is 4.76. The van der Waals surface area contributed by atoms with Crippen molar-refractivity contribution >= 4 is 39.9 Å². The molecule has 0 radical (unpaired) electrons. The van der Waals surface area contributed by atoms with Gasteiger partial charge < -0.3 is 20.4 Å². The van der Waals surface area contributed by atoms with E-state index >= 15 is 0 Å². The number of H-pyrrole nitrogens is 1. The lowest BCUT2D eigenvalue weighted by atomic mass is 10.1. The Hall–Kier alpha value is -3.81. The lowest BCUT2D eigenvalue weighted by molar-refractivity contribution is 0.555. The minimum atomic E-state index is -0.475. The van der Waals surface area contributed by atoms with Gasteiger partial charge in [0.2, 0.25) is 5.95 Å². The zero-order valence-electron chi connectivity index (χ0n) is 17.4. The van der Waals surface area contributed by atoms with Crippen molar-refractivity contribution in [2.24, 2.45) is 0 Å². The van der Waals surface area contributed by atoms with Crippen molar-refractivity contribution in [1.82, 2.24) is 15.0 Å². The van der Waals surface area contributed by atoms with Gasteiger partial charge in [-0.1, -0.05) is 0 Å². The van der Waals surface area contributed by atoms with Crippen LogP contribution < -0.4 is 21.7 Å². The van der Waals surface area contributed by atoms with E-state index in [1.165, 1.54) is 11.1 Å². The number of aromatic amines is 1. The molecule has 8 nitrogen and oxygen atoms in total. The Morgan fingerprint density at radius 2 is 1.87 bits per heavy atom. The Labute approximate surface area is 173 Å². The minimum absolute atomic E-state index is 0.475. The maximum Gasteiger partial charge on any atom is 0.417 e. The number of hydrogen-bond donors (Lipinski definition) is 4. The largest absolute Gasteiger partial charge is 0.417 e. The maximum atomic E-state index is 11.4. The van der Waals surface area contributed by atoms with Gasteiger partial charge >= 0.3 is 5.76 Å². The second kappa shape index (κ2) is 7.90. The number of rotatable bonds is 6. The smallest absolute Gasteiger partial charge is 0.408 e. The summed E-state index contributed by atoms with van der Waals surface area (Å²) in [6, 6.07) is 9.52. The molecule has 0 spiro atoms. The van der Waals surface area contributed by atoms with Crippen LogP contribution in [0.1, 0.15) is 23.6 Å². The van der Waals surface area contributed by atoms with Crippen molar-refractivity contribution < 1.29 is 4.42 Å². The highest BCUT2D eigenvalue weighted by Gasteiger charge is 2.09. The Balaban J connectivity index is 1.60. The highest BCUT2D eigenvalue weighted by atomic mass is 16.4. The molecule has 8 heteroatoms. The maximum absolute atomic E-state index is 11.4. The Morgan fingerprint density at radius 3 is 2.67 bits per heavy atom. The standard InChI is InChI=1S/C22H24N6O2/c1-5-23-17-10-16(8-12(2)14(17)4)26-21-24-11-13(3)20(28-21)25-15-6-7-19-18(9-15)27-22(29)30-19/h6-11,23H,5H2,1-4H3,(H,27,29)(H2,24,25,26,28). The third-order valence-electron chi connectivity index (χ3n) is 4.94. The van der Waals surface area contributed by atoms with E-state index in [4.69, 9.17) is 4.42 Å². The van der Waals surface area contributed by atoms with Gasteiger partial charge in [-0.3, -0.25) is 4.98 Å². The SMILES string of the molecule is CCNc1cc(Nc2ncc(C)c(Nc3ccc4oc(=O)[nH]c4c3)n2)cc(C)c1C. The van der Waals surface area contributed by atoms with E-state index in [1.807, 2.05) is 13.0 Å². The minimum Gasteiger partial charge on any atom is -0.408 e. The quantitative estimate of drug-likeness (QED) is 0.367. The molecule has 0 saturated carbocycles. The van der Waals surface area contributed by atoms with Gasteiger partial charge in [0.25, 0.3) is 0 Å². The molecule has 2 aromatic heterocycles. The van der Waals surface area contributed by atoms with Gasteiger partial charge in [0.05, 0.1) is 5.52 Å². The summed E-state index contributed by atoms with van der Waals surface area (Å²) in [7, 11) is 0. The van der Waals surface area contributed by atoms with Crippen molar-refractivity contribution in [2.45, 2.75) is 27.7 Å². The molecule has 0 aliphatic carbocycles. The number of anilines is 5. The molecule has 0 amide bonds. The van der Waals surface area contributed by atoms with Crippen LogP contribution in [0.15, 0.2) is 45.7 Å². The fraction of sp³-hybridized carbons (Fsp3) is 0.227. The van der Waals surface area contributed by atoms with Crippen LogP contribution >= 0.6 is 0 Å². The topological polar surface area (TPSA) is 108 Å². The molecule has 0 aliphatic heterocycles. The first-order valence-corrected chi connectivity index (χ1v) is 9.78. The Bertz CT molecular complexity index is 1270. The van der Waals surface area contributed by atoms with Gasteiger partial charge in [0.1, 0.15) is 5.82 Å². The molecule has 0 aliphatic rings. The summed E-state index contributed by atoms with van der Waals surface area (Å²) in [6.45, 7) is 9.05. The first-order chi connectivity index (χ1) is 14.4. The third-order valence-corrected chi connectivity index (χ3v) is 4.94. The van der Waals surface area contributed by atoms with Gasteiger partial charge in [0.15, 0.2) is 5.58 Å². The molecule has 30 heavy (non-hydrogen) atoms. The lowest BCUT2D eigenvalue weighted by Crippen LogP contribution is -2.05. The predicted molar refractivity (Wildman–Crippen MR) is 120 cm³/mol. The van der Waals surface area contributed by atoms with E-state index in [1.54, 1.807) is 18.3 Å². The molecule has 4 N–H and O–H groups in total. The van der Waals surface area contributed by atoms with Crippen LogP contribution in [-0.2, 0) is 0 Å². The van der Waals surface area contributed by atoms with Gasteiger partial charge in [-0.05, 0) is 69.2 Å². The third kappa shape index (κ3) is 3.98. The summed E-state index contributed by atoms with van der Waals surface area (Å²) < 4.78 is 5.05. The Morgan fingerprint density at radius 1 is 1.03 bits per heavy atom. The van der Waals surface area contributed by atoms with Gasteiger partial charge in [0, 0.05) is 35.4 Å².